The van der Waals surface area contributed by atoms with Gasteiger partial charge in [-0.25, -0.2) is 8.42 Å². The number of alkyl halides is 2. The molecule has 1 aromatic carbocycles. The zero-order valence-corrected chi connectivity index (χ0v) is 13.4. The van der Waals surface area contributed by atoms with E-state index in [1.54, 1.807) is 0 Å². The Morgan fingerprint density at radius 2 is 1.96 bits per heavy atom. The molecular weight excluding hydrogens is 352 g/mol. The van der Waals surface area contributed by atoms with Gasteiger partial charge < -0.3 is 9.94 Å². The second-order valence-corrected chi connectivity index (χ2v) is 7.26. The van der Waals surface area contributed by atoms with Crippen LogP contribution in [0, 0.1) is 5.21 Å². The fourth-order valence-corrected chi connectivity index (χ4v) is 3.66. The molecule has 5 nitrogen and oxygen atoms in total. The van der Waals surface area contributed by atoms with Crippen LogP contribution in [0.15, 0.2) is 47.6 Å². The van der Waals surface area contributed by atoms with Crippen LogP contribution >= 0.6 is 11.6 Å². The minimum absolute atomic E-state index is 0.0540. The fraction of sp³-hybridized carbons (Fsp3) is 0.214. The third-order valence-electron chi connectivity index (χ3n) is 3.17. The largest absolute Gasteiger partial charge is 0.618 e. The molecule has 1 unspecified atom stereocenters. The van der Waals surface area contributed by atoms with Crippen LogP contribution in [-0.4, -0.2) is 15.0 Å². The molecule has 0 amide bonds. The summed E-state index contributed by atoms with van der Waals surface area (Å²) in [6.45, 7) is -1.85. The van der Waals surface area contributed by atoms with Crippen molar-refractivity contribution in [1.29, 1.82) is 0 Å². The Morgan fingerprint density at radius 3 is 2.57 bits per heavy atom. The second kappa shape index (κ2) is 6.67. The van der Waals surface area contributed by atoms with Crippen molar-refractivity contribution in [1.82, 2.24) is 0 Å². The molecule has 0 fully saturated rings. The first-order valence-electron chi connectivity index (χ1n) is 6.40. The highest BCUT2D eigenvalue weighted by Gasteiger charge is 2.33. The lowest BCUT2D eigenvalue weighted by Crippen LogP contribution is -2.34. The molecule has 0 aliphatic heterocycles. The van der Waals surface area contributed by atoms with E-state index in [0.29, 0.717) is 0 Å². The van der Waals surface area contributed by atoms with Gasteiger partial charge in [0.25, 0.3) is 0 Å². The molecule has 1 heterocycles. The van der Waals surface area contributed by atoms with E-state index in [1.165, 1.54) is 31.2 Å². The molecular formula is C14H12ClF2NO4S. The van der Waals surface area contributed by atoms with Crippen LogP contribution in [0.4, 0.5) is 8.78 Å². The van der Waals surface area contributed by atoms with E-state index in [0.717, 1.165) is 18.3 Å². The highest BCUT2D eigenvalue weighted by molar-refractivity contribution is 7.91. The van der Waals surface area contributed by atoms with E-state index in [4.69, 9.17) is 11.6 Å². The van der Waals surface area contributed by atoms with Gasteiger partial charge in [-0.05, 0) is 31.2 Å². The van der Waals surface area contributed by atoms with Gasteiger partial charge in [-0.2, -0.15) is 13.5 Å². The van der Waals surface area contributed by atoms with E-state index in [-0.39, 0.29) is 21.1 Å². The molecule has 0 N–H and O–H groups in total. The average Bonchev–Trinajstić information content (AvgIpc) is 2.48. The van der Waals surface area contributed by atoms with Gasteiger partial charge in [0.15, 0.2) is 6.20 Å². The van der Waals surface area contributed by atoms with Crippen molar-refractivity contribution in [3.63, 3.8) is 0 Å². The number of nitrogens with zero attached hydrogens (tertiary/aromatic N) is 1. The summed E-state index contributed by atoms with van der Waals surface area (Å²) in [4.78, 5) is 0. The van der Waals surface area contributed by atoms with Crippen molar-refractivity contribution in [2.75, 3.05) is 0 Å². The molecule has 0 saturated carbocycles. The van der Waals surface area contributed by atoms with Gasteiger partial charge >= 0.3 is 11.6 Å². The molecule has 1 atom stereocenters. The predicted molar refractivity (Wildman–Crippen MR) is 79.1 cm³/mol. The van der Waals surface area contributed by atoms with Crippen molar-refractivity contribution >= 4 is 21.4 Å². The van der Waals surface area contributed by atoms with Gasteiger partial charge in [0, 0.05) is 22.7 Å². The first-order valence-corrected chi connectivity index (χ1v) is 8.32. The van der Waals surface area contributed by atoms with Gasteiger partial charge in [-0.3, -0.25) is 0 Å². The van der Waals surface area contributed by atoms with Crippen molar-refractivity contribution in [2.24, 2.45) is 0 Å². The van der Waals surface area contributed by atoms with Gasteiger partial charge in [-0.15, -0.1) is 0 Å². The van der Waals surface area contributed by atoms with Crippen LogP contribution in [0.3, 0.4) is 0 Å². The van der Waals surface area contributed by atoms with Crippen LogP contribution in [0.25, 0.3) is 0 Å². The first-order chi connectivity index (χ1) is 10.7. The number of hydrogen-bond donors (Lipinski definition) is 0. The topological polar surface area (TPSA) is 70.3 Å². The van der Waals surface area contributed by atoms with E-state index in [2.05, 4.69) is 4.74 Å². The number of ether oxygens (including phenoxy) is 1. The molecule has 0 radical (unpaired) electrons. The monoisotopic (exact) mass is 363 g/mol. The van der Waals surface area contributed by atoms with Crippen molar-refractivity contribution < 1.29 is 26.7 Å². The summed E-state index contributed by atoms with van der Waals surface area (Å²) in [6.07, 6.45) is 1.04. The van der Waals surface area contributed by atoms with Crippen molar-refractivity contribution in [2.45, 2.75) is 23.8 Å². The molecule has 0 bridgehead atoms. The van der Waals surface area contributed by atoms with Gasteiger partial charge in [0.05, 0.1) is 5.25 Å². The van der Waals surface area contributed by atoms with Crippen LogP contribution in [0.1, 0.15) is 17.7 Å². The molecule has 0 aliphatic rings. The average molecular weight is 364 g/mol. The summed E-state index contributed by atoms with van der Waals surface area (Å²) in [6, 6.07) is 7.59. The van der Waals surface area contributed by atoms with E-state index < -0.39 is 26.7 Å². The summed E-state index contributed by atoms with van der Waals surface area (Å²) >= 11 is 5.82. The number of pyridine rings is 1. The molecule has 1 aromatic heterocycles. The summed E-state index contributed by atoms with van der Waals surface area (Å²) in [5, 5.41) is 10.1. The molecule has 0 spiro atoms. The SMILES string of the molecule is CC(c1cc(Cl)ccc1OC(F)F)S(=O)(=O)c1cccc[n+]1[O-]. The summed E-state index contributed by atoms with van der Waals surface area (Å²) in [5.74, 6) is -0.311. The minimum Gasteiger partial charge on any atom is -0.618 e. The standard InChI is InChI=1S/C14H12ClF2NO4S/c1-9(23(20,21)13-4-2-3-7-18(13)19)11-8-10(15)5-6-12(11)22-14(16)17/h2-9,14H,1H3. The lowest BCUT2D eigenvalue weighted by Gasteiger charge is -2.17. The zero-order valence-electron chi connectivity index (χ0n) is 11.8. The number of sulfone groups is 1. The van der Waals surface area contributed by atoms with Crippen molar-refractivity contribution in [3.8, 4) is 5.75 Å². The third-order valence-corrected chi connectivity index (χ3v) is 5.49. The predicted octanol–water partition coefficient (Wildman–Crippen LogP) is 3.11. The van der Waals surface area contributed by atoms with Gasteiger partial charge in [0.2, 0.25) is 9.84 Å². The maximum atomic E-state index is 12.6. The Bertz CT molecular complexity index is 814. The molecule has 2 aromatic rings. The summed E-state index contributed by atoms with van der Waals surface area (Å²) in [7, 11) is -4.13. The number of halogens is 3. The van der Waals surface area contributed by atoms with Crippen LogP contribution in [0.5, 0.6) is 5.75 Å². The smallest absolute Gasteiger partial charge is 0.387 e. The minimum atomic E-state index is -4.13. The third kappa shape index (κ3) is 3.70. The molecule has 9 heteroatoms. The van der Waals surface area contributed by atoms with E-state index in [9.17, 15) is 22.4 Å². The van der Waals surface area contributed by atoms with Crippen LogP contribution in [0.2, 0.25) is 5.02 Å². The highest BCUT2D eigenvalue weighted by atomic mass is 35.5. The Balaban J connectivity index is 2.53. The Kier molecular flexibility index (Phi) is 5.06. The Labute approximate surface area is 136 Å². The summed E-state index contributed by atoms with van der Waals surface area (Å²) < 4.78 is 54.7. The summed E-state index contributed by atoms with van der Waals surface area (Å²) in [5.41, 5.74) is -0.0540. The van der Waals surface area contributed by atoms with E-state index in [1.807, 2.05) is 0 Å². The normalized spacial score (nSPS) is 13.1. The van der Waals surface area contributed by atoms with Crippen LogP contribution < -0.4 is 9.47 Å². The number of benzene rings is 1. The first kappa shape index (κ1) is 17.4. The van der Waals surface area contributed by atoms with Crippen LogP contribution in [-0.2, 0) is 9.84 Å². The lowest BCUT2D eigenvalue weighted by atomic mass is 10.1. The number of hydrogen-bond acceptors (Lipinski definition) is 4. The number of rotatable bonds is 5. The fourth-order valence-electron chi connectivity index (χ4n) is 2.02. The maximum Gasteiger partial charge on any atom is 0.387 e. The molecule has 124 valence electrons. The quantitative estimate of drug-likeness (QED) is 0.604. The molecule has 23 heavy (non-hydrogen) atoms. The number of aromatic nitrogens is 1. The van der Waals surface area contributed by atoms with Gasteiger partial charge in [-0.1, -0.05) is 11.6 Å². The molecule has 0 aliphatic carbocycles. The highest BCUT2D eigenvalue weighted by Crippen LogP contribution is 2.35. The van der Waals surface area contributed by atoms with E-state index >= 15 is 0 Å². The Hall–Kier alpha value is -1.93. The molecule has 2 rings (SSSR count). The van der Waals surface area contributed by atoms with Crippen molar-refractivity contribution in [3.05, 3.63) is 58.4 Å². The lowest BCUT2D eigenvalue weighted by molar-refractivity contribution is -0.646. The second-order valence-electron chi connectivity index (χ2n) is 4.61. The maximum absolute atomic E-state index is 12.6. The Morgan fingerprint density at radius 1 is 1.26 bits per heavy atom. The zero-order chi connectivity index (χ0) is 17.2. The molecule has 0 saturated heterocycles. The van der Waals surface area contributed by atoms with Gasteiger partial charge in [0.1, 0.15) is 5.75 Å².